The van der Waals surface area contributed by atoms with E-state index < -0.39 is 64.5 Å². The number of aromatic nitrogens is 8. The van der Waals surface area contributed by atoms with Crippen molar-refractivity contribution in [3.8, 4) is 0 Å². The molecule has 238 valence electrons. The van der Waals surface area contributed by atoms with Crippen LogP contribution in [0, 0.1) is 0 Å². The molecule has 0 aliphatic carbocycles. The van der Waals surface area contributed by atoms with Gasteiger partial charge in [-0.3, -0.25) is 28.0 Å². The summed E-state index contributed by atoms with van der Waals surface area (Å²) in [4.78, 5) is 54.9. The predicted octanol–water partition coefficient (Wildman–Crippen LogP) is -1.79. The van der Waals surface area contributed by atoms with Crippen LogP contribution >= 0.6 is 15.5 Å². The number of anilines is 2. The number of H-pyrrole nitrogens is 1. The SMILES string of the molecule is Nc1nc2c(ncn2[C@@H]2O[C@H](COP(N)(=O)O)[C@@H](NP(=O)(O)OC[C@@H]3CC[C@H](n4cnc5c(N)ncnc54)O3)[C@H]2O)c(=O)[nH]1. The van der Waals surface area contributed by atoms with Crippen LogP contribution in [0.3, 0.4) is 0 Å². The summed E-state index contributed by atoms with van der Waals surface area (Å²) in [7, 11) is -9.19. The third kappa shape index (κ3) is 6.10. The fraction of sp³-hybridized carbons (Fsp3) is 0.500. The second-order valence-electron chi connectivity index (χ2n) is 10.0. The number of imidazole rings is 2. The molecule has 44 heavy (non-hydrogen) atoms. The van der Waals surface area contributed by atoms with Gasteiger partial charge in [-0.2, -0.15) is 4.98 Å². The highest BCUT2D eigenvalue weighted by Crippen LogP contribution is 2.44. The molecule has 11 N–H and O–H groups in total. The predicted molar refractivity (Wildman–Crippen MR) is 148 cm³/mol. The molecule has 0 saturated carbocycles. The van der Waals surface area contributed by atoms with E-state index in [0.717, 1.165) is 6.33 Å². The molecule has 0 radical (unpaired) electrons. The summed E-state index contributed by atoms with van der Waals surface area (Å²) in [5.74, 6) is -0.0228. The summed E-state index contributed by atoms with van der Waals surface area (Å²) >= 11 is 0. The maximum atomic E-state index is 13.1. The maximum Gasteiger partial charge on any atom is 0.403 e. The van der Waals surface area contributed by atoms with Gasteiger partial charge in [0.25, 0.3) is 5.56 Å². The summed E-state index contributed by atoms with van der Waals surface area (Å²) in [6.07, 6.45) is -0.463. The van der Waals surface area contributed by atoms with E-state index >= 15 is 0 Å². The second-order valence-corrected chi connectivity index (χ2v) is 13.0. The number of nitrogens with zero attached hydrogens (tertiary/aromatic N) is 7. The molecule has 0 aromatic carbocycles. The minimum atomic E-state index is -4.69. The molecular formula is C20H28N12O10P2. The first-order chi connectivity index (χ1) is 20.8. The molecular weight excluding hydrogens is 630 g/mol. The lowest BCUT2D eigenvalue weighted by molar-refractivity contribution is -0.0467. The van der Waals surface area contributed by atoms with Crippen LogP contribution in [0.25, 0.3) is 22.3 Å². The van der Waals surface area contributed by atoms with E-state index in [1.165, 1.54) is 17.2 Å². The fourth-order valence-corrected chi connectivity index (χ4v) is 6.59. The highest BCUT2D eigenvalue weighted by Gasteiger charge is 2.48. The molecule has 0 spiro atoms. The van der Waals surface area contributed by atoms with Crippen molar-refractivity contribution in [2.75, 3.05) is 24.7 Å². The van der Waals surface area contributed by atoms with Crippen LogP contribution in [-0.2, 0) is 27.7 Å². The lowest BCUT2D eigenvalue weighted by atomic mass is 10.1. The van der Waals surface area contributed by atoms with Crippen molar-refractivity contribution >= 4 is 49.6 Å². The van der Waals surface area contributed by atoms with Gasteiger partial charge < -0.3 is 35.8 Å². The lowest BCUT2D eigenvalue weighted by Crippen LogP contribution is -2.44. The van der Waals surface area contributed by atoms with Gasteiger partial charge in [0, 0.05) is 0 Å². The molecule has 2 unspecified atom stereocenters. The van der Waals surface area contributed by atoms with Gasteiger partial charge in [-0.05, 0) is 12.8 Å². The highest BCUT2D eigenvalue weighted by atomic mass is 31.2. The summed E-state index contributed by atoms with van der Waals surface area (Å²) in [6.45, 7) is -0.999. The molecule has 2 aliphatic heterocycles. The van der Waals surface area contributed by atoms with Crippen LogP contribution in [0.4, 0.5) is 11.8 Å². The zero-order chi connectivity index (χ0) is 31.4. The Morgan fingerprint density at radius 2 is 1.77 bits per heavy atom. The Kier molecular flexibility index (Phi) is 8.01. The molecule has 4 aromatic heterocycles. The number of aliphatic hydroxyl groups excluding tert-OH is 1. The molecule has 2 aliphatic rings. The summed E-state index contributed by atoms with van der Waals surface area (Å²) < 4.78 is 49.4. The number of nitrogen functional groups attached to an aromatic ring is 2. The smallest absolute Gasteiger partial charge is 0.387 e. The fourth-order valence-electron chi connectivity index (χ4n) is 5.09. The standard InChI is InChI=1S/C20H28N12O10P2/c21-15-12-16(25-5-24-15)31(6-26-12)10-2-1-8(41-10)3-40-44(37,38)30-11-9(4-39-43(23,35)36)42-19(14(11)33)32-7-27-13-17(32)28-20(22)29-18(13)34/h5-11,14,19,33H,1-4H2,(H2,21,24,25)(H3,23,35,36)(H2,30,37,38)(H3,22,28,29,34)/t8-,9+,10+,11+,14+,19+/m0/s1. The minimum absolute atomic E-state index is 0.0570. The molecule has 0 bridgehead atoms. The Labute approximate surface area is 245 Å². The number of aliphatic hydroxyl groups is 1. The van der Waals surface area contributed by atoms with Crippen LogP contribution in [0.15, 0.2) is 23.8 Å². The number of hydrogen-bond donors (Lipinski definition) is 8. The van der Waals surface area contributed by atoms with Crippen molar-refractivity contribution in [2.45, 2.75) is 49.7 Å². The third-order valence-corrected chi connectivity index (χ3v) is 8.70. The van der Waals surface area contributed by atoms with Crippen LogP contribution in [0.5, 0.6) is 0 Å². The number of fused-ring (bicyclic) bond motifs is 2. The number of nitrogens with two attached hydrogens (primary N) is 3. The zero-order valence-corrected chi connectivity index (χ0v) is 24.3. The van der Waals surface area contributed by atoms with Crippen molar-refractivity contribution < 1.29 is 42.5 Å². The third-order valence-electron chi connectivity index (χ3n) is 7.05. The second kappa shape index (κ2) is 11.5. The summed E-state index contributed by atoms with van der Waals surface area (Å²) in [6, 6.07) is -1.42. The zero-order valence-electron chi connectivity index (χ0n) is 22.5. The van der Waals surface area contributed by atoms with Gasteiger partial charge in [0.2, 0.25) is 5.95 Å². The van der Waals surface area contributed by atoms with Crippen molar-refractivity contribution in [3.05, 3.63) is 29.3 Å². The average Bonchev–Trinajstić information content (AvgIpc) is 3.73. The molecule has 22 nitrogen and oxygen atoms in total. The first kappa shape index (κ1) is 30.6. The quantitative estimate of drug-likeness (QED) is 0.0872. The first-order valence-corrected chi connectivity index (χ1v) is 16.2. The van der Waals surface area contributed by atoms with Crippen LogP contribution < -0.4 is 27.6 Å². The summed E-state index contributed by atoms with van der Waals surface area (Å²) in [5, 5.41) is 13.5. The van der Waals surface area contributed by atoms with E-state index in [-0.39, 0.29) is 29.5 Å². The van der Waals surface area contributed by atoms with Crippen molar-refractivity contribution in [1.82, 2.24) is 44.1 Å². The van der Waals surface area contributed by atoms with Gasteiger partial charge in [0.05, 0.1) is 38.0 Å². The monoisotopic (exact) mass is 658 g/mol. The Hall–Kier alpha value is -3.40. The van der Waals surface area contributed by atoms with Crippen LogP contribution in [-0.4, -0.2) is 91.5 Å². The van der Waals surface area contributed by atoms with Crippen molar-refractivity contribution in [3.63, 3.8) is 0 Å². The Bertz CT molecular complexity index is 1840. The van der Waals surface area contributed by atoms with Gasteiger partial charge >= 0.3 is 15.5 Å². The largest absolute Gasteiger partial charge is 0.403 e. The Balaban J connectivity index is 1.15. The number of nitrogens with one attached hydrogen (secondary N) is 2. The van der Waals surface area contributed by atoms with E-state index in [4.69, 9.17) is 35.5 Å². The topological polar surface area (TPSA) is 329 Å². The molecule has 0 amide bonds. The number of ether oxygens (including phenoxy) is 2. The lowest BCUT2D eigenvalue weighted by Gasteiger charge is -2.25. The normalized spacial score (nSPS) is 28.5. The van der Waals surface area contributed by atoms with Crippen molar-refractivity contribution in [1.29, 1.82) is 0 Å². The summed E-state index contributed by atoms with van der Waals surface area (Å²) in [5.41, 5.74) is 16.6. The number of hydrogen-bond acceptors (Lipinski definition) is 15. The van der Waals surface area contributed by atoms with E-state index in [9.17, 15) is 28.8 Å². The minimum Gasteiger partial charge on any atom is -0.387 e. The van der Waals surface area contributed by atoms with Crippen molar-refractivity contribution in [2.24, 2.45) is 5.50 Å². The van der Waals surface area contributed by atoms with Gasteiger partial charge in [-0.1, -0.05) is 0 Å². The molecule has 6 heterocycles. The van der Waals surface area contributed by atoms with Gasteiger partial charge in [-0.25, -0.2) is 39.7 Å². The number of rotatable bonds is 10. The molecule has 8 atom stereocenters. The molecule has 6 rings (SSSR count). The van der Waals surface area contributed by atoms with Gasteiger partial charge in [-0.15, -0.1) is 0 Å². The molecule has 24 heteroatoms. The van der Waals surface area contributed by atoms with E-state index in [1.807, 2.05) is 0 Å². The van der Waals surface area contributed by atoms with Crippen LogP contribution in [0.1, 0.15) is 25.3 Å². The number of aromatic amines is 1. The van der Waals surface area contributed by atoms with E-state index in [1.54, 1.807) is 4.57 Å². The maximum absolute atomic E-state index is 13.1. The molecule has 2 fully saturated rings. The molecule has 2 saturated heterocycles. The average molecular weight is 658 g/mol. The Morgan fingerprint density at radius 1 is 1.02 bits per heavy atom. The molecule has 4 aromatic rings. The van der Waals surface area contributed by atoms with Gasteiger partial charge in [0.15, 0.2) is 28.9 Å². The van der Waals surface area contributed by atoms with E-state index in [0.29, 0.717) is 24.0 Å². The Morgan fingerprint density at radius 3 is 2.55 bits per heavy atom. The van der Waals surface area contributed by atoms with Gasteiger partial charge in [0.1, 0.15) is 30.3 Å². The highest BCUT2D eigenvalue weighted by molar-refractivity contribution is 7.50. The first-order valence-electron chi connectivity index (χ1n) is 12.9. The van der Waals surface area contributed by atoms with Crippen LogP contribution in [0.2, 0.25) is 0 Å². The van der Waals surface area contributed by atoms with E-state index in [2.05, 4.69) is 35.0 Å².